The van der Waals surface area contributed by atoms with E-state index in [2.05, 4.69) is 20.5 Å². The van der Waals surface area contributed by atoms with Crippen molar-refractivity contribution in [3.8, 4) is 17.1 Å². The Hall–Kier alpha value is -2.17. The van der Waals surface area contributed by atoms with Crippen molar-refractivity contribution in [2.75, 3.05) is 19.5 Å². The van der Waals surface area contributed by atoms with Gasteiger partial charge in [-0.2, -0.15) is 0 Å². The van der Waals surface area contributed by atoms with Gasteiger partial charge in [0.05, 0.1) is 12.8 Å². The van der Waals surface area contributed by atoms with Crippen LogP contribution in [0.2, 0.25) is 0 Å². The highest BCUT2D eigenvalue weighted by Gasteiger charge is 2.10. The molecule has 0 aliphatic rings. The molecule has 18 heavy (non-hydrogen) atoms. The second kappa shape index (κ2) is 5.00. The first-order valence-corrected chi connectivity index (χ1v) is 5.69. The van der Waals surface area contributed by atoms with Crippen LogP contribution in [0.15, 0.2) is 18.3 Å². The van der Waals surface area contributed by atoms with E-state index < -0.39 is 0 Å². The lowest BCUT2D eigenvalue weighted by Crippen LogP contribution is -2.02. The minimum Gasteiger partial charge on any atom is -0.481 e. The number of hydrogen-bond donors (Lipinski definition) is 1. The number of nitrogens with zero attached hydrogens (tertiary/aromatic N) is 3. The van der Waals surface area contributed by atoms with Crippen molar-refractivity contribution in [1.82, 2.24) is 15.2 Å². The Bertz CT molecular complexity index is 552. The van der Waals surface area contributed by atoms with E-state index in [-0.39, 0.29) is 0 Å². The van der Waals surface area contributed by atoms with Crippen LogP contribution in [0.4, 0.5) is 5.82 Å². The summed E-state index contributed by atoms with van der Waals surface area (Å²) >= 11 is 0. The summed E-state index contributed by atoms with van der Waals surface area (Å²) in [4.78, 5) is 4.18. The van der Waals surface area contributed by atoms with E-state index >= 15 is 0 Å². The molecule has 0 aliphatic carbocycles. The average molecular weight is 244 g/mol. The topological polar surface area (TPSA) is 59.9 Å². The van der Waals surface area contributed by atoms with Gasteiger partial charge >= 0.3 is 0 Å². The van der Waals surface area contributed by atoms with E-state index in [4.69, 9.17) is 4.74 Å². The molecule has 2 heterocycles. The van der Waals surface area contributed by atoms with Gasteiger partial charge in [-0.3, -0.25) is 0 Å². The Balaban J connectivity index is 2.47. The fourth-order valence-electron chi connectivity index (χ4n) is 1.76. The number of nitrogens with one attached hydrogen (secondary N) is 1. The molecule has 1 N–H and O–H groups in total. The highest BCUT2D eigenvalue weighted by Crippen LogP contribution is 2.25. The molecule has 2 aromatic heterocycles. The monoisotopic (exact) mass is 244 g/mol. The highest BCUT2D eigenvalue weighted by molar-refractivity contribution is 5.65. The first kappa shape index (κ1) is 12.3. The molecule has 0 atom stereocenters. The molecular weight excluding hydrogens is 228 g/mol. The fraction of sp³-hybridized carbons (Fsp3) is 0.308. The Kier molecular flexibility index (Phi) is 3.41. The zero-order valence-corrected chi connectivity index (χ0v) is 11.0. The second-order valence-electron chi connectivity index (χ2n) is 3.99. The smallest absolute Gasteiger partial charge is 0.212 e. The van der Waals surface area contributed by atoms with Crippen LogP contribution < -0.4 is 10.1 Å². The number of ether oxygens (including phenoxy) is 1. The number of anilines is 1. The number of rotatable bonds is 3. The minimum atomic E-state index is 0.591. The third kappa shape index (κ3) is 2.11. The summed E-state index contributed by atoms with van der Waals surface area (Å²) in [6.45, 7) is 4.06. The Morgan fingerprint density at radius 2 is 1.89 bits per heavy atom. The molecule has 0 fully saturated rings. The number of aromatic nitrogens is 3. The Morgan fingerprint density at radius 1 is 1.11 bits per heavy atom. The minimum absolute atomic E-state index is 0.591. The van der Waals surface area contributed by atoms with Crippen molar-refractivity contribution in [1.29, 1.82) is 0 Å². The van der Waals surface area contributed by atoms with Gasteiger partial charge in [0.2, 0.25) is 5.88 Å². The van der Waals surface area contributed by atoms with Crippen LogP contribution in [0, 0.1) is 13.8 Å². The Labute approximate surface area is 106 Å². The predicted molar refractivity (Wildman–Crippen MR) is 70.8 cm³/mol. The van der Waals surface area contributed by atoms with Crippen molar-refractivity contribution in [2.45, 2.75) is 13.8 Å². The van der Waals surface area contributed by atoms with E-state index in [1.807, 2.05) is 33.0 Å². The van der Waals surface area contributed by atoms with E-state index in [1.165, 1.54) is 0 Å². The fourth-order valence-corrected chi connectivity index (χ4v) is 1.76. The van der Waals surface area contributed by atoms with Crippen molar-refractivity contribution < 1.29 is 4.74 Å². The standard InChI is InChI=1S/C13H16N4O/c1-8-9(2)13(14-3)17-16-12(8)10-5-6-11(18-4)15-7-10/h5-7H,1-4H3,(H,14,17). The normalized spacial score (nSPS) is 10.2. The molecule has 0 aromatic carbocycles. The molecule has 0 radical (unpaired) electrons. The molecule has 2 rings (SSSR count). The van der Waals surface area contributed by atoms with Crippen LogP contribution in [0.5, 0.6) is 5.88 Å². The SMILES string of the molecule is CNc1nnc(-c2ccc(OC)nc2)c(C)c1C. The van der Waals surface area contributed by atoms with Gasteiger partial charge in [-0.15, -0.1) is 10.2 Å². The van der Waals surface area contributed by atoms with Gasteiger partial charge in [-0.1, -0.05) is 0 Å². The summed E-state index contributed by atoms with van der Waals surface area (Å²) < 4.78 is 5.04. The summed E-state index contributed by atoms with van der Waals surface area (Å²) in [6.07, 6.45) is 1.74. The summed E-state index contributed by atoms with van der Waals surface area (Å²) in [5, 5.41) is 11.4. The predicted octanol–water partition coefficient (Wildman–Crippen LogP) is 2.21. The van der Waals surface area contributed by atoms with Crippen LogP contribution in [-0.2, 0) is 0 Å². The van der Waals surface area contributed by atoms with Crippen LogP contribution in [0.25, 0.3) is 11.3 Å². The molecule has 0 saturated carbocycles. The van der Waals surface area contributed by atoms with Crippen LogP contribution in [-0.4, -0.2) is 29.3 Å². The molecule has 94 valence electrons. The van der Waals surface area contributed by atoms with Crippen molar-refractivity contribution in [3.63, 3.8) is 0 Å². The van der Waals surface area contributed by atoms with Gasteiger partial charge in [0.15, 0.2) is 5.82 Å². The van der Waals surface area contributed by atoms with E-state index in [0.29, 0.717) is 5.88 Å². The Morgan fingerprint density at radius 3 is 2.44 bits per heavy atom. The summed E-state index contributed by atoms with van der Waals surface area (Å²) in [6, 6.07) is 3.75. The largest absolute Gasteiger partial charge is 0.481 e. The van der Waals surface area contributed by atoms with Gasteiger partial charge in [0.1, 0.15) is 0 Å². The molecule has 0 amide bonds. The zero-order valence-electron chi connectivity index (χ0n) is 11.0. The highest BCUT2D eigenvalue weighted by atomic mass is 16.5. The molecular formula is C13H16N4O. The first-order valence-electron chi connectivity index (χ1n) is 5.69. The van der Waals surface area contributed by atoms with E-state index in [1.54, 1.807) is 13.3 Å². The quantitative estimate of drug-likeness (QED) is 0.897. The number of pyridine rings is 1. The maximum absolute atomic E-state index is 5.04. The zero-order chi connectivity index (χ0) is 13.1. The lowest BCUT2D eigenvalue weighted by molar-refractivity contribution is 0.398. The molecule has 0 saturated heterocycles. The van der Waals surface area contributed by atoms with Gasteiger partial charge < -0.3 is 10.1 Å². The third-order valence-electron chi connectivity index (χ3n) is 2.98. The average Bonchev–Trinajstić information content (AvgIpc) is 2.42. The molecule has 5 heteroatoms. The summed E-state index contributed by atoms with van der Waals surface area (Å²) in [7, 11) is 3.43. The molecule has 0 unspecified atom stereocenters. The second-order valence-corrected chi connectivity index (χ2v) is 3.99. The third-order valence-corrected chi connectivity index (χ3v) is 2.98. The lowest BCUT2D eigenvalue weighted by Gasteiger charge is -2.10. The van der Waals surface area contributed by atoms with Gasteiger partial charge in [0, 0.05) is 24.9 Å². The molecule has 0 aliphatic heterocycles. The van der Waals surface area contributed by atoms with E-state index in [0.717, 1.165) is 28.2 Å². The van der Waals surface area contributed by atoms with Crippen molar-refractivity contribution in [2.24, 2.45) is 0 Å². The van der Waals surface area contributed by atoms with Crippen LogP contribution >= 0.6 is 0 Å². The maximum atomic E-state index is 5.04. The number of hydrogen-bond acceptors (Lipinski definition) is 5. The van der Waals surface area contributed by atoms with Crippen molar-refractivity contribution >= 4 is 5.82 Å². The first-order chi connectivity index (χ1) is 8.67. The molecule has 0 bridgehead atoms. The van der Waals surface area contributed by atoms with Gasteiger partial charge in [-0.05, 0) is 31.0 Å². The number of methoxy groups -OCH3 is 1. The van der Waals surface area contributed by atoms with Crippen LogP contribution in [0.3, 0.4) is 0 Å². The summed E-state index contributed by atoms with van der Waals surface area (Å²) in [5.74, 6) is 1.39. The summed E-state index contributed by atoms with van der Waals surface area (Å²) in [5.41, 5.74) is 3.98. The molecule has 5 nitrogen and oxygen atoms in total. The van der Waals surface area contributed by atoms with Gasteiger partial charge in [0.25, 0.3) is 0 Å². The lowest BCUT2D eigenvalue weighted by atomic mass is 10.1. The molecule has 2 aromatic rings. The van der Waals surface area contributed by atoms with Crippen LogP contribution in [0.1, 0.15) is 11.1 Å². The maximum Gasteiger partial charge on any atom is 0.212 e. The van der Waals surface area contributed by atoms with E-state index in [9.17, 15) is 0 Å². The molecule has 0 spiro atoms. The van der Waals surface area contributed by atoms with Gasteiger partial charge in [-0.25, -0.2) is 4.98 Å². The van der Waals surface area contributed by atoms with Crippen molar-refractivity contribution in [3.05, 3.63) is 29.5 Å².